The first-order valence-corrected chi connectivity index (χ1v) is 9.36. The van der Waals surface area contributed by atoms with Crippen LogP contribution in [0.3, 0.4) is 0 Å². The molecule has 0 bridgehead atoms. The van der Waals surface area contributed by atoms with E-state index in [1.54, 1.807) is 36.4 Å². The number of benzene rings is 1. The molecule has 0 saturated carbocycles. The Morgan fingerprint density at radius 2 is 2.00 bits per heavy atom. The first kappa shape index (κ1) is 19.0. The largest absolute Gasteiger partial charge is 0.218 e. The van der Waals surface area contributed by atoms with Crippen LogP contribution in [-0.2, 0) is 9.84 Å². The highest BCUT2D eigenvalue weighted by atomic mass is 32.2. The number of hydrogen-bond donors (Lipinski definition) is 0. The van der Waals surface area contributed by atoms with Crippen molar-refractivity contribution < 1.29 is 8.42 Å². The Labute approximate surface area is 138 Å². The molecule has 0 spiro atoms. The summed E-state index contributed by atoms with van der Waals surface area (Å²) in [5.74, 6) is 0. The molecule has 0 radical (unpaired) electrons. The van der Waals surface area contributed by atoms with Gasteiger partial charge in [0.2, 0.25) is 9.84 Å². The van der Waals surface area contributed by atoms with E-state index < -0.39 is 9.84 Å². The molecule has 0 amide bonds. The van der Waals surface area contributed by atoms with Crippen LogP contribution in [0.15, 0.2) is 57.1 Å². The highest BCUT2D eigenvalue weighted by Gasteiger charge is 2.19. The summed E-state index contributed by atoms with van der Waals surface area (Å²) in [6.07, 6.45) is 6.70. The minimum absolute atomic E-state index is 0.258. The summed E-state index contributed by atoms with van der Waals surface area (Å²) in [7, 11) is -3.54. The average Bonchev–Trinajstić information content (AvgIpc) is 2.57. The van der Waals surface area contributed by atoms with Crippen LogP contribution in [0.4, 0.5) is 0 Å². The lowest BCUT2D eigenvalue weighted by atomic mass is 10.2. The summed E-state index contributed by atoms with van der Waals surface area (Å²) in [5, 5.41) is 3.45. The molecule has 0 saturated heterocycles. The highest BCUT2D eigenvalue weighted by molar-refractivity contribution is 7.95. The number of allylic oxidation sites excluding steroid dienone is 1. The number of azide groups is 1. The minimum atomic E-state index is -3.54. The fraction of sp³-hybridized carbons (Fsp3) is 0.471. The Balaban J connectivity index is 2.97. The number of nitrogens with zero attached hydrogens (tertiary/aromatic N) is 3. The standard InChI is InChI=1S/C17H23N3O2S/c1-2-3-4-5-7-11-17(14-10-15-19-20-18)23(21,22)16-12-8-6-9-13-16/h6-9,12-13H,2-5,10,14-15H2,1H3. The predicted molar refractivity (Wildman–Crippen MR) is 92.6 cm³/mol. The van der Waals surface area contributed by atoms with Crippen LogP contribution < -0.4 is 0 Å². The second-order valence-electron chi connectivity index (χ2n) is 5.14. The Morgan fingerprint density at radius 1 is 1.26 bits per heavy atom. The van der Waals surface area contributed by atoms with Crippen molar-refractivity contribution in [1.82, 2.24) is 0 Å². The third-order valence-corrected chi connectivity index (χ3v) is 5.18. The van der Waals surface area contributed by atoms with Gasteiger partial charge in [0.15, 0.2) is 0 Å². The lowest BCUT2D eigenvalue weighted by Crippen LogP contribution is -2.04. The van der Waals surface area contributed by atoms with E-state index in [0.717, 1.165) is 25.7 Å². The van der Waals surface area contributed by atoms with Crippen LogP contribution in [0, 0.1) is 0 Å². The molecule has 0 aliphatic carbocycles. The molecule has 124 valence electrons. The normalized spacial score (nSPS) is 10.5. The quantitative estimate of drug-likeness (QED) is 0.194. The van der Waals surface area contributed by atoms with E-state index in [9.17, 15) is 8.42 Å². The zero-order valence-corrected chi connectivity index (χ0v) is 14.3. The van der Waals surface area contributed by atoms with Crippen LogP contribution in [0.25, 0.3) is 10.4 Å². The van der Waals surface area contributed by atoms with Gasteiger partial charge in [-0.3, -0.25) is 0 Å². The third-order valence-electron chi connectivity index (χ3n) is 3.32. The number of unbranched alkanes of at least 4 members (excludes halogenated alkanes) is 3. The molecule has 0 aromatic heterocycles. The number of hydrogen-bond acceptors (Lipinski definition) is 3. The molecular formula is C17H23N3O2S. The number of rotatable bonds is 10. The molecule has 0 aliphatic heterocycles. The summed E-state index contributed by atoms with van der Waals surface area (Å²) in [6, 6.07) is 8.36. The van der Waals surface area contributed by atoms with Gasteiger partial charge in [-0.1, -0.05) is 43.1 Å². The van der Waals surface area contributed by atoms with Gasteiger partial charge < -0.3 is 0 Å². The van der Waals surface area contributed by atoms with Crippen molar-refractivity contribution in [3.05, 3.63) is 57.5 Å². The Bertz CT molecular complexity index is 684. The van der Waals surface area contributed by atoms with E-state index in [-0.39, 0.29) is 16.3 Å². The van der Waals surface area contributed by atoms with E-state index in [1.165, 1.54) is 0 Å². The van der Waals surface area contributed by atoms with Gasteiger partial charge in [0, 0.05) is 11.5 Å². The molecule has 0 heterocycles. The van der Waals surface area contributed by atoms with E-state index in [4.69, 9.17) is 5.53 Å². The molecule has 6 heteroatoms. The molecule has 0 aliphatic rings. The van der Waals surface area contributed by atoms with Gasteiger partial charge in [-0.15, -0.1) is 5.73 Å². The van der Waals surface area contributed by atoms with E-state index in [1.807, 2.05) is 0 Å². The van der Waals surface area contributed by atoms with Crippen molar-refractivity contribution in [3.8, 4) is 0 Å². The van der Waals surface area contributed by atoms with Gasteiger partial charge in [-0.25, -0.2) is 8.42 Å². The maximum absolute atomic E-state index is 12.7. The van der Waals surface area contributed by atoms with Crippen molar-refractivity contribution >= 4 is 9.84 Å². The van der Waals surface area contributed by atoms with Crippen molar-refractivity contribution in [2.24, 2.45) is 5.11 Å². The van der Waals surface area contributed by atoms with Gasteiger partial charge >= 0.3 is 0 Å². The number of sulfone groups is 1. The summed E-state index contributed by atoms with van der Waals surface area (Å²) in [5.41, 5.74) is 11.3. The Kier molecular flexibility index (Phi) is 8.85. The molecule has 0 fully saturated rings. The summed E-state index contributed by atoms with van der Waals surface area (Å²) < 4.78 is 25.4. The van der Waals surface area contributed by atoms with Gasteiger partial charge in [0.05, 0.1) is 9.80 Å². The lowest BCUT2D eigenvalue weighted by molar-refractivity contribution is 0.599. The molecule has 5 nitrogen and oxygen atoms in total. The SMILES string of the molecule is CCCCCC=C=C(CCCN=[N+]=[N-])S(=O)(=O)c1ccccc1. The molecule has 23 heavy (non-hydrogen) atoms. The second-order valence-corrected chi connectivity index (χ2v) is 7.11. The summed E-state index contributed by atoms with van der Waals surface area (Å²) in [6.45, 7) is 2.41. The van der Waals surface area contributed by atoms with Gasteiger partial charge in [0.25, 0.3) is 0 Å². The molecule has 0 unspecified atom stereocenters. The van der Waals surface area contributed by atoms with Crippen LogP contribution in [-0.4, -0.2) is 15.0 Å². The third kappa shape index (κ3) is 6.74. The van der Waals surface area contributed by atoms with Crippen molar-refractivity contribution in [1.29, 1.82) is 0 Å². The van der Waals surface area contributed by atoms with Gasteiger partial charge in [-0.2, -0.15) is 0 Å². The topological polar surface area (TPSA) is 82.9 Å². The van der Waals surface area contributed by atoms with E-state index in [2.05, 4.69) is 22.7 Å². The second kappa shape index (κ2) is 10.7. The van der Waals surface area contributed by atoms with Crippen molar-refractivity contribution in [2.75, 3.05) is 6.54 Å². The average molecular weight is 333 g/mol. The lowest BCUT2D eigenvalue weighted by Gasteiger charge is -2.06. The van der Waals surface area contributed by atoms with Crippen LogP contribution in [0.2, 0.25) is 0 Å². The van der Waals surface area contributed by atoms with Crippen LogP contribution in [0.5, 0.6) is 0 Å². The summed E-state index contributed by atoms with van der Waals surface area (Å²) >= 11 is 0. The van der Waals surface area contributed by atoms with Crippen LogP contribution >= 0.6 is 0 Å². The maximum Gasteiger partial charge on any atom is 0.210 e. The van der Waals surface area contributed by atoms with Crippen molar-refractivity contribution in [2.45, 2.75) is 50.3 Å². The molecule has 1 aromatic carbocycles. The van der Waals surface area contributed by atoms with E-state index in [0.29, 0.717) is 12.8 Å². The summed E-state index contributed by atoms with van der Waals surface area (Å²) in [4.78, 5) is 3.22. The predicted octanol–water partition coefficient (Wildman–Crippen LogP) is 5.17. The Hall–Kier alpha value is -2.00. The highest BCUT2D eigenvalue weighted by Crippen LogP contribution is 2.22. The monoisotopic (exact) mass is 333 g/mol. The zero-order valence-electron chi connectivity index (χ0n) is 13.5. The minimum Gasteiger partial charge on any atom is -0.218 e. The fourth-order valence-corrected chi connectivity index (χ4v) is 3.51. The van der Waals surface area contributed by atoms with Crippen molar-refractivity contribution in [3.63, 3.8) is 0 Å². The fourth-order valence-electron chi connectivity index (χ4n) is 2.06. The molecule has 0 N–H and O–H groups in total. The van der Waals surface area contributed by atoms with Gasteiger partial charge in [0.1, 0.15) is 0 Å². The maximum atomic E-state index is 12.7. The first-order valence-electron chi connectivity index (χ1n) is 7.88. The Morgan fingerprint density at radius 3 is 2.65 bits per heavy atom. The molecule has 0 atom stereocenters. The molecular weight excluding hydrogens is 310 g/mol. The first-order chi connectivity index (χ1) is 11.1. The molecule has 1 rings (SSSR count). The smallest absolute Gasteiger partial charge is 0.210 e. The zero-order chi connectivity index (χ0) is 17.0. The van der Waals surface area contributed by atoms with Gasteiger partial charge in [-0.05, 0) is 49.4 Å². The van der Waals surface area contributed by atoms with Crippen LogP contribution in [0.1, 0.15) is 45.4 Å². The van der Waals surface area contributed by atoms with E-state index >= 15 is 0 Å². The molecule has 1 aromatic rings.